The highest BCUT2D eigenvalue weighted by Gasteiger charge is 2.41. The first-order chi connectivity index (χ1) is 10.1. The van der Waals surface area contributed by atoms with Crippen LogP contribution in [0.15, 0.2) is 22.8 Å². The highest BCUT2D eigenvalue weighted by Crippen LogP contribution is 2.37. The van der Waals surface area contributed by atoms with Crippen molar-refractivity contribution in [1.82, 2.24) is 10.3 Å². The molecule has 1 unspecified atom stereocenters. The van der Waals surface area contributed by atoms with Crippen molar-refractivity contribution in [3.05, 3.63) is 28.5 Å². The van der Waals surface area contributed by atoms with Crippen molar-refractivity contribution in [2.45, 2.75) is 57.6 Å². The van der Waals surface area contributed by atoms with Gasteiger partial charge in [-0.2, -0.15) is 0 Å². The topological polar surface area (TPSA) is 34.2 Å². The summed E-state index contributed by atoms with van der Waals surface area (Å²) in [4.78, 5) is 4.53. The second-order valence-corrected chi connectivity index (χ2v) is 7.15. The molecule has 118 valence electrons. The smallest absolute Gasteiger partial charge is 0.0835 e. The van der Waals surface area contributed by atoms with Crippen molar-refractivity contribution < 1.29 is 4.74 Å². The third-order valence-corrected chi connectivity index (χ3v) is 5.28. The van der Waals surface area contributed by atoms with Gasteiger partial charge in [0.25, 0.3) is 0 Å². The van der Waals surface area contributed by atoms with Crippen molar-refractivity contribution in [2.24, 2.45) is 5.92 Å². The minimum atomic E-state index is -0.0444. The average Bonchev–Trinajstić information content (AvgIpc) is 2.50. The van der Waals surface area contributed by atoms with Crippen LogP contribution in [-0.2, 0) is 11.2 Å². The molecule has 1 atom stereocenters. The van der Waals surface area contributed by atoms with Crippen LogP contribution in [0.4, 0.5) is 0 Å². The van der Waals surface area contributed by atoms with Crippen LogP contribution in [0.25, 0.3) is 0 Å². The molecule has 0 amide bonds. The van der Waals surface area contributed by atoms with E-state index in [4.69, 9.17) is 4.74 Å². The predicted octanol–water partition coefficient (Wildman–Crippen LogP) is 3.96. The van der Waals surface area contributed by atoms with Gasteiger partial charge in [0.1, 0.15) is 0 Å². The normalized spacial score (nSPS) is 27.5. The summed E-state index contributed by atoms with van der Waals surface area (Å²) < 4.78 is 7.07. The van der Waals surface area contributed by atoms with E-state index in [2.05, 4.69) is 52.2 Å². The van der Waals surface area contributed by atoms with Gasteiger partial charge in [0.2, 0.25) is 0 Å². The first-order valence-corrected chi connectivity index (χ1v) is 8.78. The zero-order chi connectivity index (χ0) is 15.3. The molecule has 3 nitrogen and oxygen atoms in total. The molecule has 0 spiro atoms. The SMILES string of the molecule is CCNC(Cc1ccc(Br)cn1)C1(OC)CCC(C)CC1. The average molecular weight is 355 g/mol. The number of nitrogens with one attached hydrogen (secondary N) is 1. The van der Waals surface area contributed by atoms with Crippen LogP contribution < -0.4 is 5.32 Å². The monoisotopic (exact) mass is 354 g/mol. The maximum atomic E-state index is 6.04. The van der Waals surface area contributed by atoms with Gasteiger partial charge in [-0.3, -0.25) is 4.98 Å². The minimum absolute atomic E-state index is 0.0444. The summed E-state index contributed by atoms with van der Waals surface area (Å²) in [6, 6.07) is 4.49. The quantitative estimate of drug-likeness (QED) is 0.839. The molecule has 0 bridgehead atoms. The highest BCUT2D eigenvalue weighted by atomic mass is 79.9. The van der Waals surface area contributed by atoms with Crippen molar-refractivity contribution >= 4 is 15.9 Å². The van der Waals surface area contributed by atoms with Gasteiger partial charge in [-0.25, -0.2) is 0 Å². The fourth-order valence-electron chi connectivity index (χ4n) is 3.37. The molecular formula is C17H27BrN2O. The van der Waals surface area contributed by atoms with Crippen LogP contribution in [0.1, 0.15) is 45.2 Å². The maximum absolute atomic E-state index is 6.04. The second kappa shape index (κ2) is 7.70. The summed E-state index contributed by atoms with van der Waals surface area (Å²) >= 11 is 3.45. The molecule has 0 aliphatic heterocycles. The molecule has 2 rings (SSSR count). The van der Waals surface area contributed by atoms with Crippen LogP contribution >= 0.6 is 15.9 Å². The first kappa shape index (κ1) is 16.9. The fraction of sp³-hybridized carbons (Fsp3) is 0.706. The van der Waals surface area contributed by atoms with Gasteiger partial charge in [-0.1, -0.05) is 13.8 Å². The number of pyridine rings is 1. The van der Waals surface area contributed by atoms with Gasteiger partial charge in [0.15, 0.2) is 0 Å². The van der Waals surface area contributed by atoms with Gasteiger partial charge in [-0.15, -0.1) is 0 Å². The van der Waals surface area contributed by atoms with Crippen LogP contribution in [0.2, 0.25) is 0 Å². The van der Waals surface area contributed by atoms with E-state index in [1.165, 1.54) is 12.8 Å². The number of halogens is 1. The Hall–Kier alpha value is -0.450. The highest BCUT2D eigenvalue weighted by molar-refractivity contribution is 9.10. The molecule has 1 saturated carbocycles. The molecule has 1 aliphatic rings. The van der Waals surface area contributed by atoms with Crippen LogP contribution in [0.5, 0.6) is 0 Å². The predicted molar refractivity (Wildman–Crippen MR) is 90.5 cm³/mol. The number of ether oxygens (including phenoxy) is 1. The van der Waals surface area contributed by atoms with E-state index < -0.39 is 0 Å². The van der Waals surface area contributed by atoms with Crippen molar-refractivity contribution in [2.75, 3.05) is 13.7 Å². The van der Waals surface area contributed by atoms with E-state index in [0.29, 0.717) is 6.04 Å². The molecule has 0 radical (unpaired) electrons. The number of aromatic nitrogens is 1. The molecule has 4 heteroatoms. The first-order valence-electron chi connectivity index (χ1n) is 7.98. The zero-order valence-electron chi connectivity index (χ0n) is 13.4. The van der Waals surface area contributed by atoms with Crippen molar-refractivity contribution in [3.8, 4) is 0 Å². The van der Waals surface area contributed by atoms with E-state index in [9.17, 15) is 0 Å². The lowest BCUT2D eigenvalue weighted by molar-refractivity contribution is -0.0744. The summed E-state index contributed by atoms with van der Waals surface area (Å²) in [5.41, 5.74) is 1.08. The van der Waals surface area contributed by atoms with Crippen molar-refractivity contribution in [3.63, 3.8) is 0 Å². The van der Waals surface area contributed by atoms with Crippen LogP contribution in [0, 0.1) is 5.92 Å². The zero-order valence-corrected chi connectivity index (χ0v) is 14.9. The number of hydrogen-bond acceptors (Lipinski definition) is 3. The Bertz CT molecular complexity index is 427. The largest absolute Gasteiger partial charge is 0.377 e. The summed E-state index contributed by atoms with van der Waals surface area (Å²) in [5, 5.41) is 3.65. The number of rotatable bonds is 6. The molecule has 21 heavy (non-hydrogen) atoms. The Balaban J connectivity index is 2.14. The van der Waals surface area contributed by atoms with Crippen LogP contribution in [-0.4, -0.2) is 30.3 Å². The Morgan fingerprint density at radius 3 is 2.67 bits per heavy atom. The molecule has 0 aromatic carbocycles. The Labute approximate surface area is 137 Å². The van der Waals surface area contributed by atoms with E-state index in [1.807, 2.05) is 13.3 Å². The van der Waals surface area contributed by atoms with Gasteiger partial charge < -0.3 is 10.1 Å². The van der Waals surface area contributed by atoms with Gasteiger partial charge in [0, 0.05) is 35.9 Å². The summed E-state index contributed by atoms with van der Waals surface area (Å²) in [6.07, 6.45) is 7.58. The maximum Gasteiger partial charge on any atom is 0.0835 e. The Kier molecular flexibility index (Phi) is 6.20. The minimum Gasteiger partial charge on any atom is -0.377 e. The fourth-order valence-corrected chi connectivity index (χ4v) is 3.61. The Morgan fingerprint density at radius 2 is 2.14 bits per heavy atom. The molecule has 0 saturated heterocycles. The van der Waals surface area contributed by atoms with Gasteiger partial charge >= 0.3 is 0 Å². The number of hydrogen-bond donors (Lipinski definition) is 1. The molecule has 1 N–H and O–H groups in total. The van der Waals surface area contributed by atoms with Crippen molar-refractivity contribution in [1.29, 1.82) is 0 Å². The standard InChI is InChI=1S/C17H27BrN2O/c1-4-19-16(11-15-6-5-14(18)12-20-15)17(21-3)9-7-13(2)8-10-17/h5-6,12-13,16,19H,4,7-11H2,1-3H3. The summed E-state index contributed by atoms with van der Waals surface area (Å²) in [5.74, 6) is 0.821. The van der Waals surface area contributed by atoms with Gasteiger partial charge in [-0.05, 0) is 66.2 Å². The third kappa shape index (κ3) is 4.27. The van der Waals surface area contributed by atoms with E-state index in [-0.39, 0.29) is 5.60 Å². The molecule has 1 aromatic rings. The Morgan fingerprint density at radius 1 is 1.43 bits per heavy atom. The molecule has 1 aliphatic carbocycles. The second-order valence-electron chi connectivity index (χ2n) is 6.23. The van der Waals surface area contributed by atoms with Gasteiger partial charge in [0.05, 0.1) is 5.60 Å². The lowest BCUT2D eigenvalue weighted by atomic mass is 9.74. The third-order valence-electron chi connectivity index (χ3n) is 4.81. The molecular weight excluding hydrogens is 328 g/mol. The lowest BCUT2D eigenvalue weighted by Gasteiger charge is -2.44. The summed E-state index contributed by atoms with van der Waals surface area (Å²) in [6.45, 7) is 5.47. The number of nitrogens with zero attached hydrogens (tertiary/aromatic N) is 1. The summed E-state index contributed by atoms with van der Waals surface area (Å²) in [7, 11) is 1.87. The number of methoxy groups -OCH3 is 1. The van der Waals surface area contributed by atoms with E-state index in [0.717, 1.165) is 41.9 Å². The van der Waals surface area contributed by atoms with Crippen LogP contribution in [0.3, 0.4) is 0 Å². The van der Waals surface area contributed by atoms with E-state index in [1.54, 1.807) is 0 Å². The molecule has 1 fully saturated rings. The molecule has 1 aromatic heterocycles. The van der Waals surface area contributed by atoms with E-state index >= 15 is 0 Å². The number of likely N-dealkylation sites (N-methyl/N-ethyl adjacent to an activating group) is 1. The molecule has 1 heterocycles. The lowest BCUT2D eigenvalue weighted by Crippen LogP contribution is -2.55.